The third kappa shape index (κ3) is 1.83. The van der Waals surface area contributed by atoms with Crippen LogP contribution in [0.4, 0.5) is 5.95 Å². The fourth-order valence-corrected chi connectivity index (χ4v) is 1.64. The van der Waals surface area contributed by atoms with Crippen molar-refractivity contribution >= 4 is 17.1 Å². The monoisotopic (exact) mass is 249 g/mol. The van der Waals surface area contributed by atoms with Crippen molar-refractivity contribution < 1.29 is 0 Å². The molecule has 2 N–H and O–H groups in total. The largest absolute Gasteiger partial charge is 0.352 e. The zero-order valence-electron chi connectivity index (χ0n) is 10.6. The average molecular weight is 249 g/mol. The number of H-pyrrole nitrogens is 1. The van der Waals surface area contributed by atoms with E-state index in [2.05, 4.69) is 21.9 Å². The number of hydrogen-bond donors (Lipinski definition) is 2. The highest BCUT2D eigenvalue weighted by Gasteiger charge is 2.12. The van der Waals surface area contributed by atoms with Crippen molar-refractivity contribution in [2.45, 2.75) is 6.92 Å². The number of fused-ring (bicyclic) bond motifs is 1. The van der Waals surface area contributed by atoms with Crippen molar-refractivity contribution in [2.24, 2.45) is 14.1 Å². The van der Waals surface area contributed by atoms with Gasteiger partial charge in [0.25, 0.3) is 5.56 Å². The van der Waals surface area contributed by atoms with Gasteiger partial charge in [0, 0.05) is 20.6 Å². The summed E-state index contributed by atoms with van der Waals surface area (Å²) in [7, 11) is 3.01. The molecule has 96 valence electrons. The van der Waals surface area contributed by atoms with Crippen LogP contribution in [-0.4, -0.2) is 25.6 Å². The molecule has 0 aliphatic carbocycles. The number of nitrogens with zero attached hydrogens (tertiary/aromatic N) is 3. The SMILES string of the molecule is C=C(C)CNc1nc2c([nH]1)c(=O)n(C)c(=O)n2C. The second-order valence-corrected chi connectivity index (χ2v) is 4.30. The van der Waals surface area contributed by atoms with Crippen LogP contribution in [0.25, 0.3) is 11.2 Å². The minimum Gasteiger partial charge on any atom is -0.352 e. The van der Waals surface area contributed by atoms with E-state index < -0.39 is 5.69 Å². The quantitative estimate of drug-likeness (QED) is 0.747. The summed E-state index contributed by atoms with van der Waals surface area (Å²) in [6.07, 6.45) is 0. The van der Waals surface area contributed by atoms with Crippen LogP contribution >= 0.6 is 0 Å². The lowest BCUT2D eigenvalue weighted by molar-refractivity contribution is 0.709. The Hall–Kier alpha value is -2.31. The van der Waals surface area contributed by atoms with Crippen LogP contribution in [0.2, 0.25) is 0 Å². The van der Waals surface area contributed by atoms with E-state index in [0.29, 0.717) is 23.7 Å². The maximum Gasteiger partial charge on any atom is 0.332 e. The van der Waals surface area contributed by atoms with Gasteiger partial charge in [0.1, 0.15) is 0 Å². The molecule has 0 spiro atoms. The molecule has 0 fully saturated rings. The molecular formula is C11H15N5O2. The van der Waals surface area contributed by atoms with Crippen LogP contribution in [0.5, 0.6) is 0 Å². The van der Waals surface area contributed by atoms with Gasteiger partial charge in [0.2, 0.25) is 5.95 Å². The predicted molar refractivity (Wildman–Crippen MR) is 69.9 cm³/mol. The number of aryl methyl sites for hydroxylation is 1. The van der Waals surface area contributed by atoms with Crippen LogP contribution < -0.4 is 16.6 Å². The first-order valence-electron chi connectivity index (χ1n) is 5.45. The van der Waals surface area contributed by atoms with Crippen LogP contribution in [0.3, 0.4) is 0 Å². The van der Waals surface area contributed by atoms with Crippen LogP contribution in [0, 0.1) is 0 Å². The molecule has 0 bridgehead atoms. The second kappa shape index (κ2) is 4.17. The molecular weight excluding hydrogens is 234 g/mol. The summed E-state index contributed by atoms with van der Waals surface area (Å²) in [5.74, 6) is 0.450. The summed E-state index contributed by atoms with van der Waals surface area (Å²) in [5, 5.41) is 3.00. The third-order valence-corrected chi connectivity index (χ3v) is 2.65. The third-order valence-electron chi connectivity index (χ3n) is 2.65. The van der Waals surface area contributed by atoms with Crippen molar-refractivity contribution in [3.05, 3.63) is 33.0 Å². The number of nitrogens with one attached hydrogen (secondary N) is 2. The highest BCUT2D eigenvalue weighted by molar-refractivity contribution is 5.72. The van der Waals surface area contributed by atoms with Gasteiger partial charge in [0.15, 0.2) is 11.2 Å². The summed E-state index contributed by atoms with van der Waals surface area (Å²) < 4.78 is 2.38. The van der Waals surface area contributed by atoms with Gasteiger partial charge in [0.05, 0.1) is 0 Å². The van der Waals surface area contributed by atoms with Crippen molar-refractivity contribution in [2.75, 3.05) is 11.9 Å². The van der Waals surface area contributed by atoms with E-state index >= 15 is 0 Å². The Morgan fingerprint density at radius 2 is 2.06 bits per heavy atom. The molecule has 7 heteroatoms. The Kier molecular flexibility index (Phi) is 2.82. The number of aromatic nitrogens is 4. The minimum atomic E-state index is -0.398. The average Bonchev–Trinajstić information content (AvgIpc) is 2.75. The van der Waals surface area contributed by atoms with E-state index in [9.17, 15) is 9.59 Å². The van der Waals surface area contributed by atoms with Crippen molar-refractivity contribution in [3.8, 4) is 0 Å². The summed E-state index contributed by atoms with van der Waals surface area (Å²) in [6, 6.07) is 0. The number of rotatable bonds is 3. The van der Waals surface area contributed by atoms with Crippen molar-refractivity contribution in [3.63, 3.8) is 0 Å². The van der Waals surface area contributed by atoms with Gasteiger partial charge in [-0.3, -0.25) is 13.9 Å². The lowest BCUT2D eigenvalue weighted by Gasteiger charge is -2.00. The van der Waals surface area contributed by atoms with Gasteiger partial charge in [-0.25, -0.2) is 4.79 Å². The van der Waals surface area contributed by atoms with Gasteiger partial charge in [-0.05, 0) is 6.92 Å². The maximum atomic E-state index is 11.9. The molecule has 2 aromatic heterocycles. The molecule has 0 unspecified atom stereocenters. The molecule has 0 amide bonds. The first-order chi connectivity index (χ1) is 8.41. The topological polar surface area (TPSA) is 84.7 Å². The lowest BCUT2D eigenvalue weighted by atomic mass is 10.3. The van der Waals surface area contributed by atoms with E-state index in [4.69, 9.17) is 0 Å². The van der Waals surface area contributed by atoms with E-state index in [1.807, 2.05) is 6.92 Å². The Morgan fingerprint density at radius 1 is 1.39 bits per heavy atom. The van der Waals surface area contributed by atoms with E-state index in [1.165, 1.54) is 11.6 Å². The smallest absolute Gasteiger partial charge is 0.332 e. The molecule has 0 saturated carbocycles. The molecule has 0 radical (unpaired) electrons. The predicted octanol–water partition coefficient (Wildman–Crippen LogP) is -0.0517. The Balaban J connectivity index is 2.61. The van der Waals surface area contributed by atoms with E-state index in [-0.39, 0.29) is 5.56 Å². The number of anilines is 1. The molecule has 18 heavy (non-hydrogen) atoms. The highest BCUT2D eigenvalue weighted by Crippen LogP contribution is 2.08. The van der Waals surface area contributed by atoms with Gasteiger partial charge in [-0.1, -0.05) is 12.2 Å². The molecule has 0 saturated heterocycles. The van der Waals surface area contributed by atoms with Crippen LogP contribution in [0.15, 0.2) is 21.7 Å². The first-order valence-corrected chi connectivity index (χ1v) is 5.45. The molecule has 0 aromatic carbocycles. The standard InChI is InChI=1S/C11H15N5O2/c1-6(2)5-12-10-13-7-8(14-10)15(3)11(18)16(4)9(7)17/h1,5H2,2-4H3,(H2,12,13,14). The fraction of sp³-hybridized carbons (Fsp3) is 0.364. The number of aromatic amines is 1. The number of imidazole rings is 1. The second-order valence-electron chi connectivity index (χ2n) is 4.30. The molecule has 2 aromatic rings. The minimum absolute atomic E-state index is 0.309. The molecule has 7 nitrogen and oxygen atoms in total. The van der Waals surface area contributed by atoms with E-state index in [1.54, 1.807) is 7.05 Å². The fourth-order valence-electron chi connectivity index (χ4n) is 1.64. The van der Waals surface area contributed by atoms with Gasteiger partial charge in [-0.15, -0.1) is 0 Å². The first kappa shape index (κ1) is 12.2. The zero-order chi connectivity index (χ0) is 13.4. The molecule has 0 atom stereocenters. The summed E-state index contributed by atoms with van der Waals surface area (Å²) >= 11 is 0. The van der Waals surface area contributed by atoms with E-state index in [0.717, 1.165) is 10.1 Å². The van der Waals surface area contributed by atoms with Gasteiger partial charge >= 0.3 is 5.69 Å². The molecule has 2 heterocycles. The Bertz CT molecular complexity index is 734. The Morgan fingerprint density at radius 3 is 2.67 bits per heavy atom. The van der Waals surface area contributed by atoms with Crippen LogP contribution in [-0.2, 0) is 14.1 Å². The van der Waals surface area contributed by atoms with Crippen molar-refractivity contribution in [1.82, 2.24) is 19.1 Å². The molecule has 0 aliphatic heterocycles. The lowest BCUT2D eigenvalue weighted by Crippen LogP contribution is -2.36. The summed E-state index contributed by atoms with van der Waals surface area (Å²) in [4.78, 5) is 30.7. The Labute approximate surface area is 103 Å². The van der Waals surface area contributed by atoms with Gasteiger partial charge < -0.3 is 10.3 Å². The van der Waals surface area contributed by atoms with Gasteiger partial charge in [-0.2, -0.15) is 4.98 Å². The van der Waals surface area contributed by atoms with Crippen LogP contribution in [0.1, 0.15) is 6.92 Å². The number of hydrogen-bond acceptors (Lipinski definition) is 4. The molecule has 0 aliphatic rings. The van der Waals surface area contributed by atoms with Crippen molar-refractivity contribution in [1.29, 1.82) is 0 Å². The molecule has 2 rings (SSSR count). The summed E-state index contributed by atoms with van der Waals surface area (Å²) in [6.45, 7) is 6.19. The maximum absolute atomic E-state index is 11.9. The normalized spacial score (nSPS) is 10.8. The zero-order valence-corrected chi connectivity index (χ0v) is 10.6. The highest BCUT2D eigenvalue weighted by atomic mass is 16.2. The summed E-state index contributed by atoms with van der Waals surface area (Å²) in [5.41, 5.74) is 0.808.